The summed E-state index contributed by atoms with van der Waals surface area (Å²) in [5.41, 5.74) is 0.711. The van der Waals surface area contributed by atoms with E-state index in [0.717, 1.165) is 22.5 Å². The normalized spacial score (nSPS) is 11.4. The molecule has 0 aliphatic heterocycles. The summed E-state index contributed by atoms with van der Waals surface area (Å²) >= 11 is 5.91. The van der Waals surface area contributed by atoms with E-state index in [-0.39, 0.29) is 17.9 Å². The molecule has 1 aromatic heterocycles. The van der Waals surface area contributed by atoms with Crippen LogP contribution < -0.4 is 5.32 Å². The van der Waals surface area contributed by atoms with Gasteiger partial charge < -0.3 is 5.32 Å². The van der Waals surface area contributed by atoms with E-state index in [9.17, 15) is 18.0 Å². The minimum absolute atomic E-state index is 0.00663. The van der Waals surface area contributed by atoms with Gasteiger partial charge in [-0.15, -0.1) is 10.2 Å². The third-order valence-corrected chi connectivity index (χ3v) is 3.89. The maximum atomic E-state index is 12.8. The number of hydrogen-bond acceptors (Lipinski definition) is 4. The minimum atomic E-state index is -4.47. The molecule has 1 heterocycles. The summed E-state index contributed by atoms with van der Waals surface area (Å²) in [7, 11) is 0. The van der Waals surface area contributed by atoms with E-state index < -0.39 is 17.6 Å². The maximum Gasteiger partial charge on any atom is 0.416 e. The molecule has 0 unspecified atom stereocenters. The predicted molar refractivity (Wildman–Crippen MR) is 93.1 cm³/mol. The Kier molecular flexibility index (Phi) is 5.13. The zero-order chi connectivity index (χ0) is 19.6. The van der Waals surface area contributed by atoms with Gasteiger partial charge in [-0.25, -0.2) is 0 Å². The first kappa shape index (κ1) is 18.8. The topological polar surface area (TPSA) is 72.7 Å². The Bertz CT molecular complexity index is 987. The molecule has 0 bridgehead atoms. The average Bonchev–Trinajstić information content (AvgIpc) is 3.06. The lowest BCUT2D eigenvalue weighted by Crippen LogP contribution is -2.21. The lowest BCUT2D eigenvalue weighted by atomic mass is 10.1. The van der Waals surface area contributed by atoms with Crippen molar-refractivity contribution in [1.29, 1.82) is 0 Å². The van der Waals surface area contributed by atoms with Gasteiger partial charge in [0.05, 0.1) is 5.56 Å². The highest BCUT2D eigenvalue weighted by atomic mass is 35.5. The maximum absolute atomic E-state index is 12.8. The van der Waals surface area contributed by atoms with Gasteiger partial charge in [-0.1, -0.05) is 29.8 Å². The summed E-state index contributed by atoms with van der Waals surface area (Å²) in [6.45, 7) is 1.56. The molecule has 3 rings (SSSR count). The minimum Gasteiger partial charge on any atom is -0.324 e. The number of carbonyl (C=O) groups excluding carboxylic acids is 1. The fourth-order valence-corrected chi connectivity index (χ4v) is 2.48. The first-order valence-electron chi connectivity index (χ1n) is 7.74. The van der Waals surface area contributed by atoms with Gasteiger partial charge in [0.15, 0.2) is 0 Å². The van der Waals surface area contributed by atoms with Crippen LogP contribution in [0.4, 0.5) is 18.9 Å². The van der Waals surface area contributed by atoms with Crippen LogP contribution in [0.2, 0.25) is 5.02 Å². The van der Waals surface area contributed by atoms with Crippen LogP contribution in [0.25, 0.3) is 11.4 Å². The highest BCUT2D eigenvalue weighted by Crippen LogP contribution is 2.31. The van der Waals surface area contributed by atoms with E-state index in [2.05, 4.69) is 20.7 Å². The number of nitrogens with zero attached hydrogens (tertiary/aromatic N) is 4. The van der Waals surface area contributed by atoms with Gasteiger partial charge >= 0.3 is 6.18 Å². The second kappa shape index (κ2) is 7.36. The number of benzene rings is 2. The second-order valence-corrected chi connectivity index (χ2v) is 6.17. The average molecular weight is 396 g/mol. The van der Waals surface area contributed by atoms with Crippen LogP contribution in [0.15, 0.2) is 42.5 Å². The molecule has 140 valence electrons. The fourth-order valence-electron chi connectivity index (χ4n) is 2.31. The SMILES string of the molecule is Cc1ccc(Cl)cc1NC(=O)Cn1nnc(-c2cccc(C(F)(F)F)c2)n1. The first-order valence-corrected chi connectivity index (χ1v) is 8.11. The Morgan fingerprint density at radius 1 is 1.22 bits per heavy atom. The second-order valence-electron chi connectivity index (χ2n) is 5.73. The smallest absolute Gasteiger partial charge is 0.324 e. The number of hydrogen-bond donors (Lipinski definition) is 1. The Labute approximate surface area is 157 Å². The molecule has 2 aromatic carbocycles. The van der Waals surface area contributed by atoms with Crippen LogP contribution in [0.5, 0.6) is 0 Å². The Balaban J connectivity index is 1.73. The molecule has 6 nitrogen and oxygen atoms in total. The van der Waals surface area contributed by atoms with Crippen LogP contribution in [0.1, 0.15) is 11.1 Å². The molecule has 0 saturated carbocycles. The monoisotopic (exact) mass is 395 g/mol. The van der Waals surface area contributed by atoms with Gasteiger partial charge in [0.1, 0.15) is 6.54 Å². The molecule has 0 spiro atoms. The fraction of sp³-hybridized carbons (Fsp3) is 0.176. The van der Waals surface area contributed by atoms with Gasteiger partial charge in [-0.2, -0.15) is 18.0 Å². The van der Waals surface area contributed by atoms with Gasteiger partial charge in [-0.05, 0) is 42.0 Å². The zero-order valence-electron chi connectivity index (χ0n) is 14.0. The number of aryl methyl sites for hydroxylation is 1. The van der Waals surface area contributed by atoms with Crippen LogP contribution >= 0.6 is 11.6 Å². The number of halogens is 4. The zero-order valence-corrected chi connectivity index (χ0v) is 14.7. The quantitative estimate of drug-likeness (QED) is 0.725. The summed E-state index contributed by atoms with van der Waals surface area (Å²) in [5, 5.41) is 14.5. The van der Waals surface area contributed by atoms with Crippen molar-refractivity contribution in [2.24, 2.45) is 0 Å². The molecule has 1 amide bonds. The van der Waals surface area contributed by atoms with E-state index in [0.29, 0.717) is 10.7 Å². The molecule has 0 aliphatic carbocycles. The van der Waals surface area contributed by atoms with Crippen LogP contribution in [-0.2, 0) is 17.5 Å². The van der Waals surface area contributed by atoms with Gasteiger partial charge in [0.25, 0.3) is 0 Å². The number of alkyl halides is 3. The molecular weight excluding hydrogens is 383 g/mol. The van der Waals surface area contributed by atoms with E-state index >= 15 is 0 Å². The van der Waals surface area contributed by atoms with Crippen molar-refractivity contribution in [3.05, 3.63) is 58.6 Å². The highest BCUT2D eigenvalue weighted by molar-refractivity contribution is 6.31. The number of aromatic nitrogens is 4. The summed E-state index contributed by atoms with van der Waals surface area (Å²) in [6.07, 6.45) is -4.47. The third-order valence-electron chi connectivity index (χ3n) is 3.66. The van der Waals surface area contributed by atoms with Crippen molar-refractivity contribution in [1.82, 2.24) is 20.2 Å². The van der Waals surface area contributed by atoms with Gasteiger partial charge in [0, 0.05) is 16.3 Å². The summed E-state index contributed by atoms with van der Waals surface area (Å²) in [6, 6.07) is 9.65. The summed E-state index contributed by atoms with van der Waals surface area (Å²) in [4.78, 5) is 13.1. The number of nitrogens with one attached hydrogen (secondary N) is 1. The van der Waals surface area contributed by atoms with E-state index in [1.165, 1.54) is 12.1 Å². The lowest BCUT2D eigenvalue weighted by molar-refractivity contribution is -0.137. The number of anilines is 1. The molecule has 0 fully saturated rings. The van der Waals surface area contributed by atoms with Crippen molar-refractivity contribution in [3.63, 3.8) is 0 Å². The molecule has 0 atom stereocenters. The Morgan fingerprint density at radius 2 is 2.00 bits per heavy atom. The lowest BCUT2D eigenvalue weighted by Gasteiger charge is -2.08. The van der Waals surface area contributed by atoms with E-state index in [4.69, 9.17) is 11.6 Å². The Hall–Kier alpha value is -2.94. The number of rotatable bonds is 4. The number of carbonyl (C=O) groups is 1. The number of amides is 1. The van der Waals surface area contributed by atoms with Crippen LogP contribution in [0.3, 0.4) is 0 Å². The largest absolute Gasteiger partial charge is 0.416 e. The molecule has 0 aliphatic rings. The third kappa shape index (κ3) is 4.62. The molecule has 27 heavy (non-hydrogen) atoms. The molecule has 1 N–H and O–H groups in total. The van der Waals surface area contributed by atoms with E-state index in [1.807, 2.05) is 6.92 Å². The van der Waals surface area contributed by atoms with Crippen molar-refractivity contribution in [2.75, 3.05) is 5.32 Å². The standard InChI is InChI=1S/C17H13ClF3N5O/c1-10-5-6-13(18)8-14(10)22-15(27)9-26-24-16(23-25-26)11-3-2-4-12(7-11)17(19,20)21/h2-8H,9H2,1H3,(H,22,27). The molecule has 3 aromatic rings. The van der Waals surface area contributed by atoms with Crippen LogP contribution in [-0.4, -0.2) is 26.1 Å². The molecule has 0 saturated heterocycles. The van der Waals surface area contributed by atoms with Crippen molar-refractivity contribution < 1.29 is 18.0 Å². The molecular formula is C17H13ClF3N5O. The van der Waals surface area contributed by atoms with Gasteiger partial charge in [-0.3, -0.25) is 4.79 Å². The molecule has 0 radical (unpaired) electrons. The van der Waals surface area contributed by atoms with Crippen molar-refractivity contribution in [3.8, 4) is 11.4 Å². The summed E-state index contributed by atoms with van der Waals surface area (Å²) < 4.78 is 38.4. The van der Waals surface area contributed by atoms with E-state index in [1.54, 1.807) is 18.2 Å². The van der Waals surface area contributed by atoms with Crippen molar-refractivity contribution >= 4 is 23.2 Å². The predicted octanol–water partition coefficient (Wildman–Crippen LogP) is 3.96. The molecule has 10 heteroatoms. The highest BCUT2D eigenvalue weighted by Gasteiger charge is 2.30. The van der Waals surface area contributed by atoms with Gasteiger partial charge in [0.2, 0.25) is 11.7 Å². The van der Waals surface area contributed by atoms with Crippen LogP contribution in [0, 0.1) is 6.92 Å². The first-order chi connectivity index (χ1) is 12.7. The Morgan fingerprint density at radius 3 is 2.74 bits per heavy atom. The number of tetrazole rings is 1. The van der Waals surface area contributed by atoms with Crippen molar-refractivity contribution in [2.45, 2.75) is 19.6 Å². The summed E-state index contributed by atoms with van der Waals surface area (Å²) in [5.74, 6) is -0.429.